The van der Waals surface area contributed by atoms with Gasteiger partial charge in [-0.25, -0.2) is 15.2 Å². The molecule has 7 nitrogen and oxygen atoms in total. The predicted molar refractivity (Wildman–Crippen MR) is 116 cm³/mol. The van der Waals surface area contributed by atoms with Crippen molar-refractivity contribution in [2.75, 3.05) is 39.6 Å². The van der Waals surface area contributed by atoms with E-state index in [9.17, 15) is 35.8 Å². The Kier molecular flexibility index (Phi) is 8.09. The quantitative estimate of drug-likeness (QED) is 0.404. The van der Waals surface area contributed by atoms with Gasteiger partial charge in [0.05, 0.1) is 49.8 Å². The molecule has 14 heteroatoms. The molecule has 3 unspecified atom stereocenters. The number of rotatable bonds is 7. The fraction of sp³-hybridized carbons (Fsp3) is 0.478. The van der Waals surface area contributed by atoms with Gasteiger partial charge in [0, 0.05) is 18.7 Å². The number of alkyl halides is 6. The number of hydrazine groups is 1. The normalized spacial score (nSPS) is 25.5. The van der Waals surface area contributed by atoms with Gasteiger partial charge in [-0.05, 0) is 35.9 Å². The molecule has 0 radical (unpaired) electrons. The van der Waals surface area contributed by atoms with E-state index < -0.39 is 59.9 Å². The van der Waals surface area contributed by atoms with Crippen LogP contribution < -0.4 is 16.2 Å². The second-order valence-electron chi connectivity index (χ2n) is 8.59. The number of nitrogens with zero attached hydrogens (tertiary/aromatic N) is 1. The molecule has 2 fully saturated rings. The van der Waals surface area contributed by atoms with Gasteiger partial charge in [-0.3, -0.25) is 10.2 Å². The molecule has 37 heavy (non-hydrogen) atoms. The maximum atomic E-state index is 13.8. The second kappa shape index (κ2) is 10.8. The second-order valence-corrected chi connectivity index (χ2v) is 8.59. The van der Waals surface area contributed by atoms with Crippen molar-refractivity contribution in [1.29, 1.82) is 0 Å². The number of nitrogens with one attached hydrogen (secondary N) is 3. The first-order valence-corrected chi connectivity index (χ1v) is 11.3. The molecule has 2 heterocycles. The Morgan fingerprint density at radius 1 is 1.03 bits per heavy atom. The van der Waals surface area contributed by atoms with Crippen LogP contribution in [0.4, 0.5) is 30.7 Å². The summed E-state index contributed by atoms with van der Waals surface area (Å²) in [5, 5.41) is 12.6. The number of hydrogen-bond acceptors (Lipinski definition) is 7. The van der Waals surface area contributed by atoms with Gasteiger partial charge in [0.15, 0.2) is 0 Å². The van der Waals surface area contributed by atoms with Crippen molar-refractivity contribution in [3.8, 4) is 0 Å². The first-order valence-electron chi connectivity index (χ1n) is 11.3. The van der Waals surface area contributed by atoms with Gasteiger partial charge in [-0.15, -0.1) is 0 Å². The Morgan fingerprint density at radius 3 is 2.22 bits per heavy atom. The van der Waals surface area contributed by atoms with Crippen molar-refractivity contribution >= 4 is 0 Å². The standard InChI is InChI=1S/C23H25F7N4O3/c24-18-3-1-14(2-4-18)20-21(37-8-6-35,36-7-5-34(20)12-19-31-13-32-33-19)15-9-16(22(25,26)27)11-17(10-15)23(28,29)30/h1-4,9-11,19-20,31-33,35H,5-8,12-13H2. The number of morpholine rings is 1. The van der Waals surface area contributed by atoms with E-state index in [4.69, 9.17) is 9.47 Å². The van der Waals surface area contributed by atoms with Crippen molar-refractivity contribution < 1.29 is 45.3 Å². The van der Waals surface area contributed by atoms with Gasteiger partial charge in [0.1, 0.15) is 5.82 Å². The predicted octanol–water partition coefficient (Wildman–Crippen LogP) is 3.08. The van der Waals surface area contributed by atoms with Crippen molar-refractivity contribution in [3.05, 3.63) is 70.5 Å². The molecular formula is C23H25F7N4O3. The van der Waals surface area contributed by atoms with Crippen LogP contribution in [0.15, 0.2) is 42.5 Å². The Hall–Kier alpha value is -2.33. The van der Waals surface area contributed by atoms with Crippen LogP contribution in [0.1, 0.15) is 28.3 Å². The lowest BCUT2D eigenvalue weighted by Crippen LogP contribution is -2.57. The summed E-state index contributed by atoms with van der Waals surface area (Å²) in [6.07, 6.45) is -10.5. The summed E-state index contributed by atoms with van der Waals surface area (Å²) in [5.41, 5.74) is 2.57. The zero-order valence-corrected chi connectivity index (χ0v) is 19.3. The molecular weight excluding hydrogens is 513 g/mol. The van der Waals surface area contributed by atoms with E-state index >= 15 is 0 Å². The minimum atomic E-state index is -5.10. The van der Waals surface area contributed by atoms with Crippen molar-refractivity contribution in [2.24, 2.45) is 0 Å². The molecule has 0 aromatic heterocycles. The first-order chi connectivity index (χ1) is 17.4. The highest BCUT2D eigenvalue weighted by Crippen LogP contribution is 2.48. The number of hydrogen-bond donors (Lipinski definition) is 4. The van der Waals surface area contributed by atoms with E-state index in [-0.39, 0.29) is 31.9 Å². The fourth-order valence-corrected chi connectivity index (χ4v) is 4.58. The molecule has 2 aliphatic heterocycles. The van der Waals surface area contributed by atoms with E-state index in [1.807, 2.05) is 0 Å². The van der Waals surface area contributed by atoms with E-state index in [0.717, 1.165) is 12.1 Å². The highest BCUT2D eigenvalue weighted by molar-refractivity contribution is 5.39. The minimum absolute atomic E-state index is 0.0226. The summed E-state index contributed by atoms with van der Waals surface area (Å²) >= 11 is 0. The summed E-state index contributed by atoms with van der Waals surface area (Å²) < 4.78 is 108. The van der Waals surface area contributed by atoms with Gasteiger partial charge < -0.3 is 14.6 Å². The molecule has 2 aromatic carbocycles. The zero-order valence-electron chi connectivity index (χ0n) is 19.3. The van der Waals surface area contributed by atoms with E-state index in [1.54, 1.807) is 4.90 Å². The average Bonchev–Trinajstić information content (AvgIpc) is 3.35. The van der Waals surface area contributed by atoms with Crippen LogP contribution >= 0.6 is 0 Å². The monoisotopic (exact) mass is 538 g/mol. The highest BCUT2D eigenvalue weighted by atomic mass is 19.4. The first kappa shape index (κ1) is 27.7. The molecule has 0 bridgehead atoms. The molecule has 0 aliphatic carbocycles. The topological polar surface area (TPSA) is 78.0 Å². The van der Waals surface area contributed by atoms with E-state index in [2.05, 4.69) is 16.2 Å². The fourth-order valence-electron chi connectivity index (χ4n) is 4.58. The van der Waals surface area contributed by atoms with Crippen LogP contribution in [-0.2, 0) is 27.6 Å². The van der Waals surface area contributed by atoms with Crippen LogP contribution in [0.2, 0.25) is 0 Å². The smallest absolute Gasteiger partial charge is 0.394 e. The van der Waals surface area contributed by atoms with Crippen LogP contribution in [0.5, 0.6) is 0 Å². The number of aliphatic hydroxyl groups is 1. The number of aliphatic hydroxyl groups excluding tert-OH is 1. The lowest BCUT2D eigenvalue weighted by atomic mass is 9.87. The molecule has 204 valence electrons. The Labute approximate surface area is 207 Å². The van der Waals surface area contributed by atoms with Gasteiger partial charge in [-0.2, -0.15) is 26.3 Å². The lowest BCUT2D eigenvalue weighted by molar-refractivity contribution is -0.309. The summed E-state index contributed by atoms with van der Waals surface area (Å²) in [6.45, 7) is -0.261. The molecule has 2 aromatic rings. The minimum Gasteiger partial charge on any atom is -0.394 e. The van der Waals surface area contributed by atoms with E-state index in [0.29, 0.717) is 24.4 Å². The third-order valence-corrected chi connectivity index (χ3v) is 6.13. The Balaban J connectivity index is 1.92. The zero-order chi connectivity index (χ0) is 26.8. The van der Waals surface area contributed by atoms with Crippen LogP contribution in [0.3, 0.4) is 0 Å². The van der Waals surface area contributed by atoms with Gasteiger partial charge in [-0.1, -0.05) is 12.1 Å². The summed E-state index contributed by atoms with van der Waals surface area (Å²) in [5.74, 6) is -2.79. The molecule has 0 amide bonds. The lowest BCUT2D eigenvalue weighted by Gasteiger charge is -2.50. The van der Waals surface area contributed by atoms with Crippen molar-refractivity contribution in [3.63, 3.8) is 0 Å². The third kappa shape index (κ3) is 6.06. The molecule has 0 saturated carbocycles. The molecule has 2 aliphatic rings. The SMILES string of the molecule is OCCOC1(c2cc(C(F)(F)F)cc(C(F)(F)F)c2)OCCN(CC2NCNN2)C1c1ccc(F)cc1. The van der Waals surface area contributed by atoms with E-state index in [1.165, 1.54) is 12.1 Å². The maximum Gasteiger partial charge on any atom is 0.416 e. The largest absolute Gasteiger partial charge is 0.416 e. The molecule has 3 atom stereocenters. The molecule has 4 rings (SSSR count). The number of benzene rings is 2. The van der Waals surface area contributed by atoms with Crippen LogP contribution in [0.25, 0.3) is 0 Å². The van der Waals surface area contributed by atoms with Crippen LogP contribution in [0, 0.1) is 5.82 Å². The van der Waals surface area contributed by atoms with Crippen molar-refractivity contribution in [2.45, 2.75) is 30.3 Å². The van der Waals surface area contributed by atoms with Gasteiger partial charge in [0.2, 0.25) is 5.79 Å². The number of halogens is 7. The Bertz CT molecular complexity index is 1030. The molecule has 4 N–H and O–H groups in total. The summed E-state index contributed by atoms with van der Waals surface area (Å²) in [6, 6.07) is 5.01. The molecule has 0 spiro atoms. The summed E-state index contributed by atoms with van der Waals surface area (Å²) in [4.78, 5) is 1.76. The third-order valence-electron chi connectivity index (χ3n) is 6.13. The number of ether oxygens (including phenoxy) is 2. The van der Waals surface area contributed by atoms with Crippen LogP contribution in [-0.4, -0.2) is 55.8 Å². The average molecular weight is 538 g/mol. The van der Waals surface area contributed by atoms with Gasteiger partial charge >= 0.3 is 12.4 Å². The Morgan fingerprint density at radius 2 is 1.68 bits per heavy atom. The maximum absolute atomic E-state index is 13.8. The highest BCUT2D eigenvalue weighted by Gasteiger charge is 2.52. The van der Waals surface area contributed by atoms with Gasteiger partial charge in [0.25, 0.3) is 0 Å². The molecule has 2 saturated heterocycles. The summed E-state index contributed by atoms with van der Waals surface area (Å²) in [7, 11) is 0. The van der Waals surface area contributed by atoms with Crippen molar-refractivity contribution in [1.82, 2.24) is 21.1 Å².